The summed E-state index contributed by atoms with van der Waals surface area (Å²) < 4.78 is 0. The molecule has 1 aromatic heterocycles. The first-order valence-corrected chi connectivity index (χ1v) is 9.05. The van der Waals surface area contributed by atoms with E-state index in [1.54, 1.807) is 0 Å². The second-order valence-electron chi connectivity index (χ2n) is 5.59. The predicted octanol–water partition coefficient (Wildman–Crippen LogP) is 4.00. The highest BCUT2D eigenvalue weighted by Crippen LogP contribution is 2.32. The molecule has 3 N–H and O–H groups in total. The van der Waals surface area contributed by atoms with Crippen LogP contribution in [0.3, 0.4) is 0 Å². The first-order chi connectivity index (χ1) is 11.9. The van der Waals surface area contributed by atoms with Gasteiger partial charge in [-0.05, 0) is 32.4 Å². The lowest BCUT2D eigenvalue weighted by molar-refractivity contribution is -0.137. The third-order valence-electron chi connectivity index (χ3n) is 3.52. The van der Waals surface area contributed by atoms with Crippen LogP contribution in [-0.2, 0) is 4.79 Å². The Morgan fingerprint density at radius 3 is 2.64 bits per heavy atom. The highest BCUT2D eigenvalue weighted by atomic mass is 35.5. The highest BCUT2D eigenvalue weighted by molar-refractivity contribution is 7.15. The van der Waals surface area contributed by atoms with Gasteiger partial charge in [0.1, 0.15) is 5.01 Å². The largest absolute Gasteiger partial charge is 0.481 e. The molecule has 8 heteroatoms. The molecular formula is C17H20ClN3O3S. The fraction of sp³-hybridized carbons (Fsp3) is 0.353. The molecule has 2 rings (SSSR count). The number of carboxylic acid groups (broad SMARTS) is 1. The average Bonchev–Trinajstić information content (AvgIpc) is 2.94. The van der Waals surface area contributed by atoms with Crippen molar-refractivity contribution in [2.75, 3.05) is 6.54 Å². The lowest BCUT2D eigenvalue weighted by Gasteiger charge is -2.13. The van der Waals surface area contributed by atoms with Crippen LogP contribution < -0.4 is 10.6 Å². The molecule has 0 aliphatic rings. The molecule has 0 spiro atoms. The van der Waals surface area contributed by atoms with Gasteiger partial charge in [-0.25, -0.2) is 9.78 Å². The molecule has 0 bridgehead atoms. The van der Waals surface area contributed by atoms with Crippen LogP contribution in [0.1, 0.15) is 36.4 Å². The summed E-state index contributed by atoms with van der Waals surface area (Å²) in [5.41, 5.74) is 1.85. The number of aromatic nitrogens is 1. The smallest absolute Gasteiger partial charge is 0.315 e. The lowest BCUT2D eigenvalue weighted by Crippen LogP contribution is -2.37. The fourth-order valence-electron chi connectivity index (χ4n) is 2.28. The van der Waals surface area contributed by atoms with Crippen molar-refractivity contribution < 1.29 is 14.7 Å². The van der Waals surface area contributed by atoms with E-state index in [-0.39, 0.29) is 18.5 Å². The van der Waals surface area contributed by atoms with Gasteiger partial charge in [-0.1, -0.05) is 23.7 Å². The van der Waals surface area contributed by atoms with Gasteiger partial charge >= 0.3 is 12.0 Å². The second kappa shape index (κ2) is 8.82. The summed E-state index contributed by atoms with van der Waals surface area (Å²) in [5, 5.41) is 15.6. The number of aryl methyl sites for hydroxylation is 1. The number of rotatable bonds is 7. The van der Waals surface area contributed by atoms with Crippen LogP contribution in [0, 0.1) is 6.92 Å². The third kappa shape index (κ3) is 5.72. The summed E-state index contributed by atoms with van der Waals surface area (Å²) in [6.07, 6.45) is 0.436. The Balaban J connectivity index is 1.95. The Labute approximate surface area is 155 Å². The number of carboxylic acids is 1. The number of nitrogens with zero attached hydrogens (tertiary/aromatic N) is 1. The number of carbonyl (C=O) groups is 2. The molecule has 2 amide bonds. The van der Waals surface area contributed by atoms with E-state index in [0.29, 0.717) is 18.0 Å². The monoisotopic (exact) mass is 381 g/mol. The molecule has 25 heavy (non-hydrogen) atoms. The van der Waals surface area contributed by atoms with Gasteiger partial charge in [0.2, 0.25) is 0 Å². The fourth-order valence-corrected chi connectivity index (χ4v) is 3.48. The van der Waals surface area contributed by atoms with Crippen LogP contribution in [0.5, 0.6) is 0 Å². The van der Waals surface area contributed by atoms with E-state index in [4.69, 9.17) is 16.7 Å². The molecular weight excluding hydrogens is 362 g/mol. The Kier molecular flexibility index (Phi) is 6.78. The van der Waals surface area contributed by atoms with Crippen molar-refractivity contribution in [3.8, 4) is 10.6 Å². The first kappa shape index (κ1) is 19.2. The van der Waals surface area contributed by atoms with E-state index >= 15 is 0 Å². The summed E-state index contributed by atoms with van der Waals surface area (Å²) in [6.45, 7) is 4.12. The van der Waals surface area contributed by atoms with E-state index in [9.17, 15) is 9.59 Å². The van der Waals surface area contributed by atoms with Gasteiger partial charge in [0.25, 0.3) is 0 Å². The summed E-state index contributed by atoms with van der Waals surface area (Å²) >= 11 is 7.44. The SMILES string of the molecule is Cc1nc(-c2ccc(Cl)cc2)sc1C(C)NC(=O)NCCCC(=O)O. The molecule has 0 fully saturated rings. The minimum absolute atomic E-state index is 0.0360. The zero-order chi connectivity index (χ0) is 18.4. The predicted molar refractivity (Wildman–Crippen MR) is 99.1 cm³/mol. The number of carbonyl (C=O) groups excluding carboxylic acids is 1. The molecule has 0 saturated heterocycles. The van der Waals surface area contributed by atoms with Crippen molar-refractivity contribution in [1.29, 1.82) is 0 Å². The van der Waals surface area contributed by atoms with E-state index in [1.165, 1.54) is 11.3 Å². The summed E-state index contributed by atoms with van der Waals surface area (Å²) in [5.74, 6) is -0.870. The summed E-state index contributed by atoms with van der Waals surface area (Å²) in [7, 11) is 0. The van der Waals surface area contributed by atoms with Crippen molar-refractivity contribution >= 4 is 34.9 Å². The van der Waals surface area contributed by atoms with Crippen LogP contribution in [0.2, 0.25) is 5.02 Å². The molecule has 2 aromatic rings. The van der Waals surface area contributed by atoms with Crippen LogP contribution in [-0.4, -0.2) is 28.6 Å². The number of benzene rings is 1. The normalized spacial score (nSPS) is 11.8. The summed E-state index contributed by atoms with van der Waals surface area (Å²) in [6, 6.07) is 6.95. The minimum atomic E-state index is -0.870. The van der Waals surface area contributed by atoms with E-state index < -0.39 is 5.97 Å². The number of urea groups is 1. The molecule has 6 nitrogen and oxygen atoms in total. The maximum Gasteiger partial charge on any atom is 0.315 e. The molecule has 0 aliphatic heterocycles. The topological polar surface area (TPSA) is 91.3 Å². The van der Waals surface area contributed by atoms with Gasteiger partial charge in [0.15, 0.2) is 0 Å². The Bertz CT molecular complexity index is 746. The van der Waals surface area contributed by atoms with Crippen LogP contribution in [0.15, 0.2) is 24.3 Å². The average molecular weight is 382 g/mol. The standard InChI is InChI=1S/C17H20ClN3O3S/c1-10-15(11(2)21-17(24)19-9-3-4-14(22)23)25-16(20-10)12-5-7-13(18)8-6-12/h5-8,11H,3-4,9H2,1-2H3,(H,22,23)(H2,19,21,24). The van der Waals surface area contributed by atoms with E-state index in [0.717, 1.165) is 21.1 Å². The van der Waals surface area contributed by atoms with E-state index in [1.807, 2.05) is 38.1 Å². The Morgan fingerprint density at radius 2 is 2.00 bits per heavy atom. The molecule has 1 unspecified atom stereocenters. The van der Waals surface area contributed by atoms with Crippen molar-refractivity contribution in [3.05, 3.63) is 39.9 Å². The zero-order valence-corrected chi connectivity index (χ0v) is 15.6. The first-order valence-electron chi connectivity index (χ1n) is 7.86. The van der Waals surface area contributed by atoms with Gasteiger partial charge in [0.05, 0.1) is 16.6 Å². The van der Waals surface area contributed by atoms with E-state index in [2.05, 4.69) is 15.6 Å². The number of nitrogens with one attached hydrogen (secondary N) is 2. The molecule has 134 valence electrons. The van der Waals surface area contributed by atoms with Gasteiger partial charge in [0, 0.05) is 23.6 Å². The number of hydrogen-bond acceptors (Lipinski definition) is 4. The summed E-state index contributed by atoms with van der Waals surface area (Å²) in [4.78, 5) is 27.9. The van der Waals surface area contributed by atoms with Crippen molar-refractivity contribution in [1.82, 2.24) is 15.6 Å². The molecule has 1 aromatic carbocycles. The Morgan fingerprint density at radius 1 is 1.32 bits per heavy atom. The number of hydrogen-bond donors (Lipinski definition) is 3. The minimum Gasteiger partial charge on any atom is -0.481 e. The Hall–Kier alpha value is -2.12. The van der Waals surface area contributed by atoms with Crippen molar-refractivity contribution in [2.24, 2.45) is 0 Å². The number of amides is 2. The second-order valence-corrected chi connectivity index (χ2v) is 7.06. The quantitative estimate of drug-likeness (QED) is 0.632. The molecule has 0 saturated carbocycles. The maximum absolute atomic E-state index is 11.9. The van der Waals surface area contributed by atoms with Gasteiger partial charge < -0.3 is 15.7 Å². The number of aliphatic carboxylic acids is 1. The van der Waals surface area contributed by atoms with Gasteiger partial charge in [-0.2, -0.15) is 0 Å². The highest BCUT2D eigenvalue weighted by Gasteiger charge is 2.17. The molecule has 0 aliphatic carbocycles. The van der Waals surface area contributed by atoms with Crippen LogP contribution >= 0.6 is 22.9 Å². The maximum atomic E-state index is 11.9. The molecule has 0 radical (unpaired) electrons. The van der Waals surface area contributed by atoms with Crippen LogP contribution in [0.25, 0.3) is 10.6 Å². The number of thiazole rings is 1. The molecule has 1 heterocycles. The number of halogens is 1. The zero-order valence-electron chi connectivity index (χ0n) is 14.0. The third-order valence-corrected chi connectivity index (χ3v) is 5.16. The lowest BCUT2D eigenvalue weighted by atomic mass is 10.2. The van der Waals surface area contributed by atoms with Gasteiger partial charge in [-0.15, -0.1) is 11.3 Å². The van der Waals surface area contributed by atoms with Crippen molar-refractivity contribution in [2.45, 2.75) is 32.7 Å². The molecule has 1 atom stereocenters. The van der Waals surface area contributed by atoms with Crippen LogP contribution in [0.4, 0.5) is 4.79 Å². The van der Waals surface area contributed by atoms with Gasteiger partial charge in [-0.3, -0.25) is 4.79 Å². The van der Waals surface area contributed by atoms with Crippen molar-refractivity contribution in [3.63, 3.8) is 0 Å².